The monoisotopic (exact) mass is 291 g/mol. The first-order valence-electron chi connectivity index (χ1n) is 4.71. The first kappa shape index (κ1) is 11.1. The van der Waals surface area contributed by atoms with E-state index in [9.17, 15) is 0 Å². The fraction of sp³-hybridized carbons (Fsp3) is 0.556. The van der Waals surface area contributed by atoms with Crippen LogP contribution in [0.1, 0.15) is 5.69 Å². The summed E-state index contributed by atoms with van der Waals surface area (Å²) in [6, 6.07) is 0. The van der Waals surface area contributed by atoms with E-state index in [-0.39, 0.29) is 0 Å². The Balaban J connectivity index is 2.27. The molecule has 6 heteroatoms. The van der Waals surface area contributed by atoms with E-state index in [1.807, 2.05) is 6.92 Å². The number of halogens is 2. The molecule has 1 aromatic heterocycles. The number of rotatable bonds is 1. The van der Waals surface area contributed by atoms with E-state index >= 15 is 0 Å². The van der Waals surface area contributed by atoms with Crippen molar-refractivity contribution >= 4 is 33.5 Å². The summed E-state index contributed by atoms with van der Waals surface area (Å²) in [5.41, 5.74) is 0.858. The molecular formula is C9H11BrClN3O. The van der Waals surface area contributed by atoms with Crippen molar-refractivity contribution in [2.45, 2.75) is 6.92 Å². The average molecular weight is 293 g/mol. The Morgan fingerprint density at radius 2 is 2.00 bits per heavy atom. The van der Waals surface area contributed by atoms with E-state index in [0.29, 0.717) is 11.1 Å². The number of anilines is 1. The molecule has 0 spiro atoms. The average Bonchev–Trinajstić information content (AvgIpc) is 2.26. The standard InChI is InChI=1S/C9H11BrClN3O/c1-6-7(10)8(11)13-9(12-6)14-2-4-15-5-3-14/h2-5H2,1H3. The zero-order valence-corrected chi connectivity index (χ0v) is 10.7. The van der Waals surface area contributed by atoms with Gasteiger partial charge in [0.25, 0.3) is 0 Å². The van der Waals surface area contributed by atoms with Gasteiger partial charge in [-0.3, -0.25) is 0 Å². The molecule has 1 saturated heterocycles. The number of aromatic nitrogens is 2. The number of hydrogen-bond donors (Lipinski definition) is 0. The van der Waals surface area contributed by atoms with Gasteiger partial charge in [-0.1, -0.05) is 11.6 Å². The molecule has 0 aromatic carbocycles. The molecule has 0 radical (unpaired) electrons. The van der Waals surface area contributed by atoms with Gasteiger partial charge in [0, 0.05) is 13.1 Å². The summed E-state index contributed by atoms with van der Waals surface area (Å²) in [6.45, 7) is 4.97. The normalized spacial score (nSPS) is 16.9. The van der Waals surface area contributed by atoms with E-state index in [0.717, 1.165) is 36.5 Å². The maximum Gasteiger partial charge on any atom is 0.227 e. The SMILES string of the molecule is Cc1nc(N2CCOCC2)nc(Cl)c1Br. The third-order valence-electron chi connectivity index (χ3n) is 2.26. The maximum atomic E-state index is 5.98. The summed E-state index contributed by atoms with van der Waals surface area (Å²) >= 11 is 9.32. The molecule has 1 aliphatic rings. The van der Waals surface area contributed by atoms with Gasteiger partial charge in [-0.25, -0.2) is 4.98 Å². The Kier molecular flexibility index (Phi) is 3.43. The zero-order chi connectivity index (χ0) is 10.8. The minimum atomic E-state index is 0.462. The lowest BCUT2D eigenvalue weighted by atomic mass is 10.4. The maximum absolute atomic E-state index is 5.98. The highest BCUT2D eigenvalue weighted by Gasteiger charge is 2.16. The van der Waals surface area contributed by atoms with E-state index < -0.39 is 0 Å². The number of aryl methyl sites for hydroxylation is 1. The molecule has 0 N–H and O–H groups in total. The minimum absolute atomic E-state index is 0.462. The van der Waals surface area contributed by atoms with Gasteiger partial charge in [-0.05, 0) is 22.9 Å². The molecule has 0 aliphatic carbocycles. The van der Waals surface area contributed by atoms with Crippen LogP contribution in [0.5, 0.6) is 0 Å². The van der Waals surface area contributed by atoms with Crippen molar-refractivity contribution in [2.75, 3.05) is 31.2 Å². The molecule has 1 fully saturated rings. The predicted octanol–water partition coefficient (Wildman–Crippen LogP) is 2.04. The fourth-order valence-corrected chi connectivity index (χ4v) is 1.80. The highest BCUT2D eigenvalue weighted by molar-refractivity contribution is 9.10. The Morgan fingerprint density at radius 1 is 1.33 bits per heavy atom. The first-order chi connectivity index (χ1) is 7.18. The van der Waals surface area contributed by atoms with Gasteiger partial charge in [0.05, 0.1) is 23.4 Å². The third-order valence-corrected chi connectivity index (χ3v) is 3.71. The van der Waals surface area contributed by atoms with Crippen molar-refractivity contribution < 1.29 is 4.74 Å². The molecule has 0 bridgehead atoms. The Hall–Kier alpha value is -0.390. The molecule has 1 aliphatic heterocycles. The van der Waals surface area contributed by atoms with Gasteiger partial charge in [-0.15, -0.1) is 0 Å². The van der Waals surface area contributed by atoms with Crippen molar-refractivity contribution in [3.63, 3.8) is 0 Å². The highest BCUT2D eigenvalue weighted by Crippen LogP contribution is 2.25. The number of ether oxygens (including phenoxy) is 1. The van der Waals surface area contributed by atoms with Crippen molar-refractivity contribution in [1.82, 2.24) is 9.97 Å². The second kappa shape index (κ2) is 4.63. The summed E-state index contributed by atoms with van der Waals surface area (Å²) in [7, 11) is 0. The van der Waals surface area contributed by atoms with Crippen LogP contribution in [0.25, 0.3) is 0 Å². The quantitative estimate of drug-likeness (QED) is 0.743. The van der Waals surface area contributed by atoms with Crippen LogP contribution in [-0.2, 0) is 4.74 Å². The van der Waals surface area contributed by atoms with E-state index in [1.165, 1.54) is 0 Å². The molecule has 0 saturated carbocycles. The van der Waals surface area contributed by atoms with Crippen molar-refractivity contribution in [3.8, 4) is 0 Å². The van der Waals surface area contributed by atoms with Crippen molar-refractivity contribution in [1.29, 1.82) is 0 Å². The van der Waals surface area contributed by atoms with Gasteiger partial charge in [0.15, 0.2) is 0 Å². The molecule has 15 heavy (non-hydrogen) atoms. The molecule has 2 heterocycles. The largest absolute Gasteiger partial charge is 0.378 e. The molecule has 0 amide bonds. The minimum Gasteiger partial charge on any atom is -0.378 e. The van der Waals surface area contributed by atoms with Crippen LogP contribution in [-0.4, -0.2) is 36.3 Å². The van der Waals surface area contributed by atoms with Crippen LogP contribution >= 0.6 is 27.5 Å². The van der Waals surface area contributed by atoms with Crippen LogP contribution < -0.4 is 4.90 Å². The summed E-state index contributed by atoms with van der Waals surface area (Å²) in [5.74, 6) is 0.684. The fourth-order valence-electron chi connectivity index (χ4n) is 1.42. The van der Waals surface area contributed by atoms with Crippen LogP contribution in [0.3, 0.4) is 0 Å². The smallest absolute Gasteiger partial charge is 0.227 e. The Bertz CT molecular complexity index is 345. The molecule has 0 atom stereocenters. The highest BCUT2D eigenvalue weighted by atomic mass is 79.9. The summed E-state index contributed by atoms with van der Waals surface area (Å²) in [5, 5.41) is 0.462. The van der Waals surface area contributed by atoms with Crippen molar-refractivity contribution in [2.24, 2.45) is 0 Å². The van der Waals surface area contributed by atoms with Gasteiger partial charge in [-0.2, -0.15) is 4.98 Å². The summed E-state index contributed by atoms with van der Waals surface area (Å²) in [6.07, 6.45) is 0. The molecule has 2 rings (SSSR count). The van der Waals surface area contributed by atoms with Gasteiger partial charge < -0.3 is 9.64 Å². The zero-order valence-electron chi connectivity index (χ0n) is 8.33. The van der Waals surface area contributed by atoms with Crippen molar-refractivity contribution in [3.05, 3.63) is 15.3 Å². The number of nitrogens with zero attached hydrogens (tertiary/aromatic N) is 3. The van der Waals surface area contributed by atoms with Crippen LogP contribution in [0.15, 0.2) is 4.47 Å². The second-order valence-corrected chi connectivity index (χ2v) is 4.46. The third kappa shape index (κ3) is 2.41. The Labute approximate surface area is 102 Å². The second-order valence-electron chi connectivity index (χ2n) is 3.31. The number of hydrogen-bond acceptors (Lipinski definition) is 4. The molecule has 82 valence electrons. The van der Waals surface area contributed by atoms with Crippen LogP contribution in [0, 0.1) is 6.92 Å². The molecule has 0 unspecified atom stereocenters. The number of morpholine rings is 1. The molecular weight excluding hydrogens is 281 g/mol. The van der Waals surface area contributed by atoms with Gasteiger partial charge in [0.2, 0.25) is 5.95 Å². The summed E-state index contributed by atoms with van der Waals surface area (Å²) < 4.78 is 6.03. The van der Waals surface area contributed by atoms with E-state index in [4.69, 9.17) is 16.3 Å². The lowest BCUT2D eigenvalue weighted by Crippen LogP contribution is -2.37. The first-order valence-corrected chi connectivity index (χ1v) is 5.88. The van der Waals surface area contributed by atoms with Gasteiger partial charge in [0.1, 0.15) is 5.15 Å². The van der Waals surface area contributed by atoms with Gasteiger partial charge >= 0.3 is 0 Å². The lowest BCUT2D eigenvalue weighted by molar-refractivity contribution is 0.122. The molecule has 4 nitrogen and oxygen atoms in total. The van der Waals surface area contributed by atoms with Crippen LogP contribution in [0.2, 0.25) is 5.15 Å². The topological polar surface area (TPSA) is 38.2 Å². The van der Waals surface area contributed by atoms with Crippen LogP contribution in [0.4, 0.5) is 5.95 Å². The molecule has 1 aromatic rings. The lowest BCUT2D eigenvalue weighted by Gasteiger charge is -2.27. The Morgan fingerprint density at radius 3 is 2.60 bits per heavy atom. The van der Waals surface area contributed by atoms with E-state index in [1.54, 1.807) is 0 Å². The van der Waals surface area contributed by atoms with E-state index in [2.05, 4.69) is 30.8 Å². The summed E-state index contributed by atoms with van der Waals surface area (Å²) in [4.78, 5) is 10.7. The predicted molar refractivity (Wildman–Crippen MR) is 62.5 cm³/mol.